The van der Waals surface area contributed by atoms with Crippen LogP contribution in [0.15, 0.2) is 47.5 Å². The molecule has 8 nitrogen and oxygen atoms in total. The van der Waals surface area contributed by atoms with E-state index in [0.717, 1.165) is 18.0 Å². The predicted octanol–water partition coefficient (Wildman–Crippen LogP) is 2.30. The molecule has 0 radical (unpaired) electrons. The fourth-order valence-corrected chi connectivity index (χ4v) is 5.40. The lowest BCUT2D eigenvalue weighted by Gasteiger charge is -2.32. The topological polar surface area (TPSA) is 94.6 Å². The van der Waals surface area contributed by atoms with Gasteiger partial charge in [0, 0.05) is 44.1 Å². The van der Waals surface area contributed by atoms with Gasteiger partial charge in [-0.15, -0.1) is 0 Å². The molecule has 1 amide bonds. The number of amides is 1. The monoisotopic (exact) mass is 483 g/mol. The van der Waals surface area contributed by atoms with Gasteiger partial charge < -0.3 is 15.5 Å². The van der Waals surface area contributed by atoms with Crippen molar-refractivity contribution in [1.29, 1.82) is 0 Å². The van der Waals surface area contributed by atoms with Crippen molar-refractivity contribution in [3.05, 3.63) is 48.2 Å². The number of alkyl halides is 3. The van der Waals surface area contributed by atoms with E-state index < -0.39 is 21.8 Å². The summed E-state index contributed by atoms with van der Waals surface area (Å²) in [4.78, 5) is 17.5. The Morgan fingerprint density at radius 1 is 1.03 bits per heavy atom. The fourth-order valence-electron chi connectivity index (χ4n) is 3.93. The molecular weight excluding hydrogens is 459 g/mol. The van der Waals surface area contributed by atoms with E-state index in [9.17, 15) is 26.4 Å². The summed E-state index contributed by atoms with van der Waals surface area (Å²) in [7, 11) is -3.67. The second kappa shape index (κ2) is 9.18. The molecule has 0 aliphatic carbocycles. The van der Waals surface area contributed by atoms with E-state index in [1.54, 1.807) is 24.3 Å². The number of carbonyl (C=O) groups is 1. The Labute approximate surface area is 189 Å². The molecule has 12 heteroatoms. The van der Waals surface area contributed by atoms with Crippen molar-refractivity contribution in [3.63, 3.8) is 0 Å². The van der Waals surface area contributed by atoms with E-state index in [1.165, 1.54) is 10.4 Å². The van der Waals surface area contributed by atoms with Crippen LogP contribution in [-0.4, -0.2) is 62.4 Å². The highest BCUT2D eigenvalue weighted by atomic mass is 32.2. The highest BCUT2D eigenvalue weighted by molar-refractivity contribution is 7.89. The zero-order valence-electron chi connectivity index (χ0n) is 17.7. The Hall–Kier alpha value is -2.86. The first-order valence-electron chi connectivity index (χ1n) is 10.5. The zero-order chi connectivity index (χ0) is 23.6. The van der Waals surface area contributed by atoms with Gasteiger partial charge in [-0.2, -0.15) is 17.5 Å². The molecule has 0 saturated carbocycles. The van der Waals surface area contributed by atoms with Crippen LogP contribution >= 0.6 is 0 Å². The predicted molar refractivity (Wildman–Crippen MR) is 116 cm³/mol. The lowest BCUT2D eigenvalue weighted by Crippen LogP contribution is -2.47. The standard InChI is InChI=1S/C21H24F3N5O3S/c22-21(23,24)15-1-6-19(26-13-15)27-16-7-10-29(11-8-16)33(31,32)18-4-2-17(3-5-18)28-12-9-25-20(30)14-28/h1-6,13,16H,7-12,14H2,(H,25,30)(H,26,27). The number of rotatable bonds is 5. The van der Waals surface area contributed by atoms with Gasteiger partial charge in [-0.25, -0.2) is 13.4 Å². The van der Waals surface area contributed by atoms with Crippen LogP contribution in [-0.2, 0) is 21.0 Å². The summed E-state index contributed by atoms with van der Waals surface area (Å²) in [5.41, 5.74) is -0.0284. The third-order valence-corrected chi connectivity index (χ3v) is 7.69. The van der Waals surface area contributed by atoms with Gasteiger partial charge in [0.15, 0.2) is 0 Å². The van der Waals surface area contributed by atoms with Crippen molar-refractivity contribution in [2.75, 3.05) is 42.9 Å². The number of piperidine rings is 1. The number of benzene rings is 1. The van der Waals surface area contributed by atoms with Crippen LogP contribution in [0.5, 0.6) is 0 Å². The molecule has 2 N–H and O–H groups in total. The van der Waals surface area contributed by atoms with Gasteiger partial charge in [0.1, 0.15) is 5.82 Å². The fraction of sp³-hybridized carbons (Fsp3) is 0.429. The number of hydrogen-bond acceptors (Lipinski definition) is 6. The quantitative estimate of drug-likeness (QED) is 0.678. The van der Waals surface area contributed by atoms with Crippen molar-refractivity contribution in [2.24, 2.45) is 0 Å². The molecule has 33 heavy (non-hydrogen) atoms. The van der Waals surface area contributed by atoms with Gasteiger partial charge >= 0.3 is 6.18 Å². The molecule has 0 spiro atoms. The van der Waals surface area contributed by atoms with E-state index >= 15 is 0 Å². The second-order valence-electron chi connectivity index (χ2n) is 8.02. The van der Waals surface area contributed by atoms with Crippen LogP contribution in [0.3, 0.4) is 0 Å². The van der Waals surface area contributed by atoms with Crippen LogP contribution in [0.2, 0.25) is 0 Å². The second-order valence-corrected chi connectivity index (χ2v) is 9.96. The lowest BCUT2D eigenvalue weighted by atomic mass is 10.1. The maximum absolute atomic E-state index is 13.0. The molecule has 2 fully saturated rings. The first kappa shape index (κ1) is 23.3. The van der Waals surface area contributed by atoms with E-state index in [-0.39, 0.29) is 36.5 Å². The van der Waals surface area contributed by atoms with Crippen molar-refractivity contribution >= 4 is 27.4 Å². The molecule has 0 atom stereocenters. The first-order valence-corrected chi connectivity index (χ1v) is 12.0. The zero-order valence-corrected chi connectivity index (χ0v) is 18.5. The molecule has 2 aliphatic rings. The van der Waals surface area contributed by atoms with E-state index in [2.05, 4.69) is 15.6 Å². The number of pyridine rings is 1. The number of carbonyl (C=O) groups excluding carboxylic acids is 1. The number of nitrogens with one attached hydrogen (secondary N) is 2. The van der Waals surface area contributed by atoms with Gasteiger partial charge in [-0.1, -0.05) is 0 Å². The van der Waals surface area contributed by atoms with E-state index in [0.29, 0.717) is 31.7 Å². The summed E-state index contributed by atoms with van der Waals surface area (Å²) < 4.78 is 65.5. The number of halogens is 3. The maximum atomic E-state index is 13.0. The van der Waals surface area contributed by atoms with Gasteiger partial charge in [0.2, 0.25) is 15.9 Å². The molecule has 2 aliphatic heterocycles. The summed E-state index contributed by atoms with van der Waals surface area (Å²) in [5, 5.41) is 5.83. The number of piperazine rings is 1. The SMILES string of the molecule is O=C1CN(c2ccc(S(=O)(=O)N3CCC(Nc4ccc(C(F)(F)F)cn4)CC3)cc2)CCN1. The molecule has 178 valence electrons. The van der Waals surface area contributed by atoms with Gasteiger partial charge in [0.25, 0.3) is 0 Å². The van der Waals surface area contributed by atoms with Gasteiger partial charge in [-0.05, 0) is 49.2 Å². The summed E-state index contributed by atoms with van der Waals surface area (Å²) in [6.07, 6.45) is -2.65. The maximum Gasteiger partial charge on any atom is 0.417 e. The van der Waals surface area contributed by atoms with Crippen LogP contribution in [0.1, 0.15) is 18.4 Å². The summed E-state index contributed by atoms with van der Waals surface area (Å²) in [6.45, 7) is 2.01. The van der Waals surface area contributed by atoms with Gasteiger partial charge in [-0.3, -0.25) is 4.79 Å². The Kier molecular flexibility index (Phi) is 6.48. The third kappa shape index (κ3) is 5.38. The molecule has 0 bridgehead atoms. The normalized spacial score (nSPS) is 18.8. The van der Waals surface area contributed by atoms with E-state index in [4.69, 9.17) is 0 Å². The minimum absolute atomic E-state index is 0.0686. The van der Waals surface area contributed by atoms with Crippen molar-refractivity contribution in [3.8, 4) is 0 Å². The van der Waals surface area contributed by atoms with Crippen LogP contribution < -0.4 is 15.5 Å². The molecule has 2 saturated heterocycles. The average molecular weight is 484 g/mol. The number of hydrogen-bond donors (Lipinski definition) is 2. The van der Waals surface area contributed by atoms with Crippen molar-refractivity contribution in [2.45, 2.75) is 30.0 Å². The average Bonchev–Trinajstić information content (AvgIpc) is 2.79. The lowest BCUT2D eigenvalue weighted by molar-refractivity contribution is -0.137. The number of anilines is 2. The molecule has 2 aromatic rings. The first-order chi connectivity index (χ1) is 15.6. The third-order valence-electron chi connectivity index (χ3n) is 5.77. The Balaban J connectivity index is 1.34. The van der Waals surface area contributed by atoms with Crippen molar-refractivity contribution < 1.29 is 26.4 Å². The summed E-state index contributed by atoms with van der Waals surface area (Å²) in [5.74, 6) is 0.257. The Morgan fingerprint density at radius 2 is 1.73 bits per heavy atom. The van der Waals surface area contributed by atoms with Crippen LogP contribution in [0.4, 0.5) is 24.7 Å². The summed E-state index contributed by atoms with van der Waals surface area (Å²) >= 11 is 0. The van der Waals surface area contributed by atoms with Crippen molar-refractivity contribution in [1.82, 2.24) is 14.6 Å². The minimum atomic E-state index is -4.44. The van der Waals surface area contributed by atoms with Gasteiger partial charge in [0.05, 0.1) is 17.0 Å². The number of aromatic nitrogens is 1. The molecule has 3 heterocycles. The largest absolute Gasteiger partial charge is 0.417 e. The highest BCUT2D eigenvalue weighted by Crippen LogP contribution is 2.29. The Bertz CT molecular complexity index is 1080. The van der Waals surface area contributed by atoms with Crippen LogP contribution in [0.25, 0.3) is 0 Å². The molecule has 0 unspecified atom stereocenters. The summed E-state index contributed by atoms with van der Waals surface area (Å²) in [6, 6.07) is 8.66. The molecule has 1 aromatic heterocycles. The smallest absolute Gasteiger partial charge is 0.367 e. The number of nitrogens with zero attached hydrogens (tertiary/aromatic N) is 3. The number of sulfonamides is 1. The molecule has 1 aromatic carbocycles. The highest BCUT2D eigenvalue weighted by Gasteiger charge is 2.32. The molecule has 4 rings (SSSR count). The van der Waals surface area contributed by atoms with E-state index in [1.807, 2.05) is 4.90 Å². The molecular formula is C21H24F3N5O3S. The Morgan fingerprint density at radius 3 is 2.30 bits per heavy atom. The van der Waals surface area contributed by atoms with Crippen LogP contribution in [0, 0.1) is 0 Å². The minimum Gasteiger partial charge on any atom is -0.367 e.